The van der Waals surface area contributed by atoms with Crippen molar-refractivity contribution in [3.63, 3.8) is 0 Å². The summed E-state index contributed by atoms with van der Waals surface area (Å²) in [6.07, 6.45) is 0. The highest BCUT2D eigenvalue weighted by Gasteiger charge is 2.20. The Balaban J connectivity index is 2.60. The first-order valence-electron chi connectivity index (χ1n) is 5.75. The summed E-state index contributed by atoms with van der Waals surface area (Å²) < 4.78 is 4.98. The van der Waals surface area contributed by atoms with Gasteiger partial charge in [-0.3, -0.25) is 9.59 Å². The lowest BCUT2D eigenvalue weighted by Crippen LogP contribution is -2.41. The Bertz CT molecular complexity index is 500. The Labute approximate surface area is 120 Å². The van der Waals surface area contributed by atoms with Crippen LogP contribution in [0.4, 0.5) is 0 Å². The molecule has 1 unspecified atom stereocenters. The SMILES string of the molecule is COc1ccc(C(=O)SCC(NC(C)=O)C(=O)O)cc1. The molecule has 1 atom stereocenters. The molecule has 0 radical (unpaired) electrons. The zero-order chi connectivity index (χ0) is 15.1. The quantitative estimate of drug-likeness (QED) is 0.818. The maximum Gasteiger partial charge on any atom is 0.327 e. The first-order chi connectivity index (χ1) is 9.43. The van der Waals surface area contributed by atoms with Gasteiger partial charge in [-0.15, -0.1) is 0 Å². The van der Waals surface area contributed by atoms with Crippen molar-refractivity contribution in [1.29, 1.82) is 0 Å². The lowest BCUT2D eigenvalue weighted by atomic mass is 10.2. The first kappa shape index (κ1) is 16.0. The Morgan fingerprint density at radius 1 is 1.30 bits per heavy atom. The van der Waals surface area contributed by atoms with Gasteiger partial charge in [-0.1, -0.05) is 11.8 Å². The molecule has 0 fully saturated rings. The van der Waals surface area contributed by atoms with Gasteiger partial charge in [0.25, 0.3) is 0 Å². The Hall–Kier alpha value is -2.02. The summed E-state index contributed by atoms with van der Waals surface area (Å²) in [6, 6.07) is 5.41. The molecule has 0 aliphatic carbocycles. The van der Waals surface area contributed by atoms with Crippen molar-refractivity contribution >= 4 is 28.8 Å². The summed E-state index contributed by atoms with van der Waals surface area (Å²) in [5, 5.41) is 10.9. The van der Waals surface area contributed by atoms with Crippen molar-refractivity contribution in [3.05, 3.63) is 29.8 Å². The van der Waals surface area contributed by atoms with Gasteiger partial charge in [0.2, 0.25) is 11.0 Å². The fourth-order valence-corrected chi connectivity index (χ4v) is 2.24. The maximum absolute atomic E-state index is 11.9. The molecule has 0 heterocycles. The number of aliphatic carboxylic acids is 1. The molecule has 7 heteroatoms. The number of amides is 1. The van der Waals surface area contributed by atoms with E-state index in [1.165, 1.54) is 14.0 Å². The molecule has 20 heavy (non-hydrogen) atoms. The van der Waals surface area contributed by atoms with E-state index in [2.05, 4.69) is 5.32 Å². The maximum atomic E-state index is 11.9. The predicted octanol–water partition coefficient (Wildman–Crippen LogP) is 1.16. The second kappa shape index (κ2) is 7.54. The van der Waals surface area contributed by atoms with E-state index < -0.39 is 17.9 Å². The minimum absolute atomic E-state index is 0.0280. The van der Waals surface area contributed by atoms with Crippen LogP contribution in [0.3, 0.4) is 0 Å². The van der Waals surface area contributed by atoms with E-state index in [-0.39, 0.29) is 10.9 Å². The van der Waals surface area contributed by atoms with Crippen LogP contribution in [0.25, 0.3) is 0 Å². The molecule has 0 saturated carbocycles. The van der Waals surface area contributed by atoms with Crippen LogP contribution in [-0.2, 0) is 9.59 Å². The van der Waals surface area contributed by atoms with Gasteiger partial charge in [-0.2, -0.15) is 0 Å². The molecule has 1 rings (SSSR count). The standard InChI is InChI=1S/C13H15NO5S/c1-8(15)14-11(12(16)17)7-20-13(18)9-3-5-10(19-2)6-4-9/h3-6,11H,7H2,1-2H3,(H,14,15)(H,16,17). The minimum Gasteiger partial charge on any atom is -0.497 e. The highest BCUT2D eigenvalue weighted by molar-refractivity contribution is 8.14. The zero-order valence-electron chi connectivity index (χ0n) is 11.1. The van der Waals surface area contributed by atoms with Crippen molar-refractivity contribution in [2.75, 3.05) is 12.9 Å². The van der Waals surface area contributed by atoms with Crippen molar-refractivity contribution in [1.82, 2.24) is 5.32 Å². The number of carbonyl (C=O) groups is 3. The number of carboxylic acids is 1. The van der Waals surface area contributed by atoms with Gasteiger partial charge in [0.1, 0.15) is 11.8 Å². The van der Waals surface area contributed by atoms with E-state index in [9.17, 15) is 14.4 Å². The van der Waals surface area contributed by atoms with Crippen LogP contribution in [0.15, 0.2) is 24.3 Å². The molecule has 108 valence electrons. The van der Waals surface area contributed by atoms with E-state index >= 15 is 0 Å². The summed E-state index contributed by atoms with van der Waals surface area (Å²) in [5.41, 5.74) is 0.447. The van der Waals surface area contributed by atoms with E-state index in [0.717, 1.165) is 11.8 Å². The molecular weight excluding hydrogens is 282 g/mol. The molecule has 1 aromatic carbocycles. The van der Waals surface area contributed by atoms with Crippen LogP contribution in [0.5, 0.6) is 5.75 Å². The third-order valence-corrected chi connectivity index (χ3v) is 3.38. The van der Waals surface area contributed by atoms with Gasteiger partial charge in [0.05, 0.1) is 7.11 Å². The third kappa shape index (κ3) is 4.93. The van der Waals surface area contributed by atoms with Gasteiger partial charge in [0.15, 0.2) is 0 Å². The topological polar surface area (TPSA) is 92.7 Å². The van der Waals surface area contributed by atoms with Gasteiger partial charge >= 0.3 is 5.97 Å². The summed E-state index contributed by atoms with van der Waals surface area (Å²) in [4.78, 5) is 33.6. The lowest BCUT2D eigenvalue weighted by molar-refractivity contribution is -0.140. The van der Waals surface area contributed by atoms with Gasteiger partial charge in [-0.25, -0.2) is 4.79 Å². The highest BCUT2D eigenvalue weighted by atomic mass is 32.2. The third-order valence-electron chi connectivity index (χ3n) is 2.38. The Morgan fingerprint density at radius 3 is 2.35 bits per heavy atom. The molecule has 2 N–H and O–H groups in total. The summed E-state index contributed by atoms with van der Waals surface area (Å²) >= 11 is 0.846. The van der Waals surface area contributed by atoms with Crippen molar-refractivity contribution < 1.29 is 24.2 Å². The van der Waals surface area contributed by atoms with Gasteiger partial charge < -0.3 is 15.2 Å². The zero-order valence-corrected chi connectivity index (χ0v) is 11.9. The molecule has 0 spiro atoms. The molecule has 0 aromatic heterocycles. The number of methoxy groups -OCH3 is 1. The molecule has 1 aromatic rings. The molecule has 1 amide bonds. The number of rotatable bonds is 6. The molecule has 6 nitrogen and oxygen atoms in total. The predicted molar refractivity (Wildman–Crippen MR) is 75.0 cm³/mol. The number of ether oxygens (including phenoxy) is 1. The number of carbonyl (C=O) groups excluding carboxylic acids is 2. The Morgan fingerprint density at radius 2 is 1.90 bits per heavy atom. The van der Waals surface area contributed by atoms with Crippen LogP contribution >= 0.6 is 11.8 Å². The number of hydrogen-bond acceptors (Lipinski definition) is 5. The number of nitrogens with one attached hydrogen (secondary N) is 1. The number of hydrogen-bond donors (Lipinski definition) is 2. The normalized spacial score (nSPS) is 11.5. The van der Waals surface area contributed by atoms with Crippen molar-refractivity contribution in [3.8, 4) is 5.75 Å². The fraction of sp³-hybridized carbons (Fsp3) is 0.308. The lowest BCUT2D eigenvalue weighted by Gasteiger charge is -2.12. The van der Waals surface area contributed by atoms with E-state index in [0.29, 0.717) is 11.3 Å². The summed E-state index contributed by atoms with van der Waals surface area (Å²) in [5.74, 6) is -1.02. The Kier molecular flexibility index (Phi) is 6.05. The second-order valence-corrected chi connectivity index (χ2v) is 4.91. The first-order valence-corrected chi connectivity index (χ1v) is 6.73. The largest absolute Gasteiger partial charge is 0.497 e. The van der Waals surface area contributed by atoms with Crippen LogP contribution in [0.2, 0.25) is 0 Å². The van der Waals surface area contributed by atoms with Crippen LogP contribution in [0.1, 0.15) is 17.3 Å². The number of benzene rings is 1. The van der Waals surface area contributed by atoms with Gasteiger partial charge in [-0.05, 0) is 24.3 Å². The summed E-state index contributed by atoms with van der Waals surface area (Å²) in [7, 11) is 1.52. The van der Waals surface area contributed by atoms with E-state index in [4.69, 9.17) is 9.84 Å². The number of thioether (sulfide) groups is 1. The summed E-state index contributed by atoms with van der Waals surface area (Å²) in [6.45, 7) is 1.23. The van der Waals surface area contributed by atoms with Crippen LogP contribution in [-0.4, -0.2) is 41.0 Å². The fourth-order valence-electron chi connectivity index (χ4n) is 1.39. The second-order valence-electron chi connectivity index (χ2n) is 3.92. The number of carboxylic acid groups (broad SMARTS) is 1. The molecular formula is C13H15NO5S. The molecule has 0 aliphatic heterocycles. The average Bonchev–Trinajstić information content (AvgIpc) is 2.42. The molecule has 0 bridgehead atoms. The van der Waals surface area contributed by atoms with Crippen LogP contribution < -0.4 is 10.1 Å². The smallest absolute Gasteiger partial charge is 0.327 e. The van der Waals surface area contributed by atoms with E-state index in [1.54, 1.807) is 24.3 Å². The average molecular weight is 297 g/mol. The molecule has 0 aliphatic rings. The monoisotopic (exact) mass is 297 g/mol. The van der Waals surface area contributed by atoms with Crippen LogP contribution in [0, 0.1) is 0 Å². The minimum atomic E-state index is -1.17. The van der Waals surface area contributed by atoms with Gasteiger partial charge in [0, 0.05) is 18.2 Å². The van der Waals surface area contributed by atoms with Crippen molar-refractivity contribution in [2.45, 2.75) is 13.0 Å². The molecule has 0 saturated heterocycles. The van der Waals surface area contributed by atoms with E-state index in [1.807, 2.05) is 0 Å². The highest BCUT2D eigenvalue weighted by Crippen LogP contribution is 2.17. The van der Waals surface area contributed by atoms with Crippen molar-refractivity contribution in [2.24, 2.45) is 0 Å².